The van der Waals surface area contributed by atoms with Gasteiger partial charge in [0.15, 0.2) is 6.61 Å². The second kappa shape index (κ2) is 7.06. The summed E-state index contributed by atoms with van der Waals surface area (Å²) in [6.45, 7) is -1.21. The fourth-order valence-electron chi connectivity index (χ4n) is 2.34. The second-order valence-corrected chi connectivity index (χ2v) is 7.48. The van der Waals surface area contributed by atoms with Gasteiger partial charge in [-0.1, -0.05) is 0 Å². The Morgan fingerprint density at radius 2 is 1.93 bits per heavy atom. The molecule has 3 rings (SSSR count). The van der Waals surface area contributed by atoms with Crippen LogP contribution in [0.2, 0.25) is 0 Å². The average molecular weight is 401 g/mol. The molecule has 0 spiro atoms. The standard InChI is InChI=1S/C16H14F3N3O4S/c17-16(18,19)10-26-13-4-2-12(3-5-13)20-15(23)11-1-6-14-21-27(24,25)8-7-22(14)9-11/h1-6,9H,7-8,10H2,(H,20,23). The zero-order valence-corrected chi connectivity index (χ0v) is 14.5. The molecular weight excluding hydrogens is 387 g/mol. The number of sulfonamides is 1. The molecule has 2 heterocycles. The van der Waals surface area contributed by atoms with Crippen molar-refractivity contribution in [3.8, 4) is 5.75 Å². The minimum absolute atomic E-state index is 0.0254. The number of carbonyl (C=O) groups is 1. The normalized spacial score (nSPS) is 18.3. The Morgan fingerprint density at radius 3 is 2.59 bits per heavy atom. The summed E-state index contributed by atoms with van der Waals surface area (Å²) < 4.78 is 67.5. The molecule has 11 heteroatoms. The molecule has 27 heavy (non-hydrogen) atoms. The Balaban J connectivity index is 1.63. The molecule has 2 aliphatic heterocycles. The van der Waals surface area contributed by atoms with Gasteiger partial charge < -0.3 is 15.0 Å². The molecule has 2 aliphatic rings. The molecule has 1 aromatic carbocycles. The highest BCUT2D eigenvalue weighted by Crippen LogP contribution is 2.21. The first-order valence-corrected chi connectivity index (χ1v) is 9.32. The Bertz CT molecular complexity index is 935. The zero-order valence-electron chi connectivity index (χ0n) is 13.7. The van der Waals surface area contributed by atoms with Crippen molar-refractivity contribution >= 4 is 27.5 Å². The van der Waals surface area contributed by atoms with Crippen LogP contribution in [0.3, 0.4) is 0 Å². The van der Waals surface area contributed by atoms with Gasteiger partial charge in [-0.05, 0) is 36.4 Å². The van der Waals surface area contributed by atoms with Crippen LogP contribution in [-0.4, -0.2) is 50.1 Å². The summed E-state index contributed by atoms with van der Waals surface area (Å²) in [6, 6.07) is 5.45. The third-order valence-electron chi connectivity index (χ3n) is 3.60. The van der Waals surface area contributed by atoms with E-state index in [2.05, 4.69) is 14.5 Å². The van der Waals surface area contributed by atoms with Crippen LogP contribution in [0, 0.1) is 0 Å². The van der Waals surface area contributed by atoms with Crippen LogP contribution in [0.1, 0.15) is 0 Å². The largest absolute Gasteiger partial charge is 0.484 e. The number of carbonyl (C=O) groups excluding carboxylic acids is 1. The highest BCUT2D eigenvalue weighted by atomic mass is 32.2. The number of hydrogen-bond donors (Lipinski definition) is 1. The van der Waals surface area contributed by atoms with Crippen molar-refractivity contribution in [3.63, 3.8) is 0 Å². The van der Waals surface area contributed by atoms with E-state index in [1.807, 2.05) is 0 Å². The van der Waals surface area contributed by atoms with Crippen molar-refractivity contribution in [1.29, 1.82) is 0 Å². The number of amides is 1. The van der Waals surface area contributed by atoms with Crippen LogP contribution in [-0.2, 0) is 14.8 Å². The van der Waals surface area contributed by atoms with Crippen molar-refractivity contribution < 1.29 is 31.1 Å². The maximum absolute atomic E-state index is 12.3. The van der Waals surface area contributed by atoms with E-state index >= 15 is 0 Å². The molecule has 0 saturated carbocycles. The van der Waals surface area contributed by atoms with Crippen molar-refractivity contribution in [2.45, 2.75) is 6.18 Å². The number of nitrogens with one attached hydrogen (secondary N) is 1. The number of fused-ring (bicyclic) bond motifs is 1. The van der Waals surface area contributed by atoms with Crippen LogP contribution < -0.4 is 10.1 Å². The first-order chi connectivity index (χ1) is 12.6. The van der Waals surface area contributed by atoms with Gasteiger partial charge in [0.05, 0.1) is 11.3 Å². The molecule has 1 amide bonds. The van der Waals surface area contributed by atoms with Gasteiger partial charge in [0, 0.05) is 18.4 Å². The lowest BCUT2D eigenvalue weighted by molar-refractivity contribution is -0.153. The number of benzene rings is 1. The molecule has 1 aromatic rings. The van der Waals surface area contributed by atoms with E-state index in [-0.39, 0.29) is 29.5 Å². The molecule has 0 atom stereocenters. The maximum Gasteiger partial charge on any atom is 0.422 e. The van der Waals surface area contributed by atoms with Crippen molar-refractivity contribution in [1.82, 2.24) is 4.90 Å². The molecule has 0 aliphatic carbocycles. The Morgan fingerprint density at radius 1 is 1.22 bits per heavy atom. The highest BCUT2D eigenvalue weighted by molar-refractivity contribution is 7.90. The summed E-state index contributed by atoms with van der Waals surface area (Å²) in [7, 11) is -3.47. The Kier molecular flexibility index (Phi) is 4.96. The van der Waals surface area contributed by atoms with Gasteiger partial charge in [0.25, 0.3) is 15.9 Å². The summed E-state index contributed by atoms with van der Waals surface area (Å²) in [5.74, 6) is -0.334. The fraction of sp³-hybridized carbons (Fsp3) is 0.250. The molecule has 144 valence electrons. The van der Waals surface area contributed by atoms with E-state index < -0.39 is 28.7 Å². The quantitative estimate of drug-likeness (QED) is 0.835. The topological polar surface area (TPSA) is 88.1 Å². The number of ether oxygens (including phenoxy) is 1. The number of nitrogens with zero attached hydrogens (tertiary/aromatic N) is 2. The third-order valence-corrected chi connectivity index (χ3v) is 4.76. The van der Waals surface area contributed by atoms with E-state index in [0.29, 0.717) is 5.69 Å². The van der Waals surface area contributed by atoms with Crippen molar-refractivity contribution in [3.05, 3.63) is 48.2 Å². The van der Waals surface area contributed by atoms with E-state index in [1.165, 1.54) is 42.6 Å². The number of amidine groups is 1. The van der Waals surface area contributed by atoms with Crippen LogP contribution in [0.4, 0.5) is 18.9 Å². The number of alkyl halides is 3. The maximum atomic E-state index is 12.3. The molecule has 0 unspecified atom stereocenters. The molecule has 7 nitrogen and oxygen atoms in total. The lowest BCUT2D eigenvalue weighted by atomic mass is 10.1. The Labute approximate surface area is 152 Å². The molecule has 0 bridgehead atoms. The summed E-state index contributed by atoms with van der Waals surface area (Å²) in [6.07, 6.45) is -0.0711. The average Bonchev–Trinajstić information content (AvgIpc) is 2.59. The zero-order chi connectivity index (χ0) is 19.7. The van der Waals surface area contributed by atoms with Gasteiger partial charge in [-0.25, -0.2) is 8.42 Å². The monoisotopic (exact) mass is 401 g/mol. The van der Waals surface area contributed by atoms with E-state index in [4.69, 9.17) is 0 Å². The molecule has 0 saturated heterocycles. The lowest BCUT2D eigenvalue weighted by Gasteiger charge is -2.26. The van der Waals surface area contributed by atoms with E-state index in [9.17, 15) is 26.4 Å². The summed E-state index contributed by atoms with van der Waals surface area (Å²) in [5.41, 5.74) is 0.653. The third kappa shape index (κ3) is 5.09. The fourth-order valence-corrected chi connectivity index (χ4v) is 3.31. The van der Waals surface area contributed by atoms with Gasteiger partial charge in [-0.15, -0.1) is 4.40 Å². The van der Waals surface area contributed by atoms with Gasteiger partial charge >= 0.3 is 6.18 Å². The summed E-state index contributed by atoms with van der Waals surface area (Å²) in [5, 5.41) is 2.60. The first-order valence-electron chi connectivity index (χ1n) is 7.71. The summed E-state index contributed by atoms with van der Waals surface area (Å²) >= 11 is 0. The van der Waals surface area contributed by atoms with Crippen LogP contribution in [0.5, 0.6) is 5.75 Å². The molecule has 1 N–H and O–H groups in total. The first kappa shape index (κ1) is 19.0. The minimum Gasteiger partial charge on any atom is -0.484 e. The number of hydrogen-bond acceptors (Lipinski definition) is 5. The van der Waals surface area contributed by atoms with Crippen molar-refractivity contribution in [2.75, 3.05) is 24.2 Å². The predicted octanol–water partition coefficient (Wildman–Crippen LogP) is 2.06. The van der Waals surface area contributed by atoms with Gasteiger partial charge in [0.2, 0.25) is 0 Å². The highest BCUT2D eigenvalue weighted by Gasteiger charge is 2.28. The lowest BCUT2D eigenvalue weighted by Crippen LogP contribution is -2.37. The van der Waals surface area contributed by atoms with Gasteiger partial charge in [-0.2, -0.15) is 13.2 Å². The summed E-state index contributed by atoms with van der Waals surface area (Å²) in [4.78, 5) is 13.9. The van der Waals surface area contributed by atoms with Crippen LogP contribution in [0.25, 0.3) is 0 Å². The Hall–Kier alpha value is -2.82. The number of rotatable bonds is 4. The second-order valence-electron chi connectivity index (χ2n) is 5.73. The van der Waals surface area contributed by atoms with Crippen molar-refractivity contribution in [2.24, 2.45) is 4.40 Å². The molecular formula is C16H14F3N3O4S. The van der Waals surface area contributed by atoms with Gasteiger partial charge in [-0.3, -0.25) is 4.79 Å². The van der Waals surface area contributed by atoms with E-state index in [1.54, 1.807) is 4.90 Å². The minimum atomic E-state index is -4.43. The molecule has 0 fully saturated rings. The smallest absolute Gasteiger partial charge is 0.422 e. The molecule has 0 radical (unpaired) electrons. The number of anilines is 1. The van der Waals surface area contributed by atoms with Crippen LogP contribution in [0.15, 0.2) is 52.6 Å². The molecule has 0 aromatic heterocycles. The van der Waals surface area contributed by atoms with Gasteiger partial charge in [0.1, 0.15) is 11.6 Å². The van der Waals surface area contributed by atoms with E-state index in [0.717, 1.165) is 0 Å². The SMILES string of the molecule is O=C(Nc1ccc(OCC(F)(F)F)cc1)C1=CN2CCS(=O)(=O)N=C2C=C1. The predicted molar refractivity (Wildman–Crippen MR) is 91.8 cm³/mol. The van der Waals surface area contributed by atoms with Crippen LogP contribution >= 0.6 is 0 Å². The number of halogens is 3.